The van der Waals surface area contributed by atoms with Crippen LogP contribution in [0, 0.1) is 0 Å². The SMILES string of the molecule is CCC(C(=O)NC(C)CC(O)c1ccccc1)N1CCCC1=O. The fourth-order valence-electron chi connectivity index (χ4n) is 3.09. The molecule has 2 N–H and O–H groups in total. The summed E-state index contributed by atoms with van der Waals surface area (Å²) in [6.07, 6.45) is 1.79. The molecule has 1 aromatic carbocycles. The molecule has 23 heavy (non-hydrogen) atoms. The van der Waals surface area contributed by atoms with E-state index >= 15 is 0 Å². The minimum atomic E-state index is -0.611. The number of nitrogens with one attached hydrogen (secondary N) is 1. The van der Waals surface area contributed by atoms with Crippen LogP contribution in [-0.2, 0) is 9.59 Å². The van der Waals surface area contributed by atoms with Crippen molar-refractivity contribution in [3.05, 3.63) is 35.9 Å². The summed E-state index contributed by atoms with van der Waals surface area (Å²) < 4.78 is 0. The zero-order valence-electron chi connectivity index (χ0n) is 13.9. The standard InChI is InChI=1S/C18H26N2O3/c1-3-15(20-11-7-10-17(20)22)18(23)19-13(2)12-16(21)14-8-5-4-6-9-14/h4-6,8-9,13,15-16,21H,3,7,10-12H2,1-2H3,(H,19,23). The molecule has 3 atom stereocenters. The summed E-state index contributed by atoms with van der Waals surface area (Å²) in [6.45, 7) is 4.45. The fourth-order valence-corrected chi connectivity index (χ4v) is 3.09. The molecule has 1 aliphatic rings. The van der Waals surface area contributed by atoms with Crippen LogP contribution in [0.25, 0.3) is 0 Å². The molecule has 0 bridgehead atoms. The third kappa shape index (κ3) is 4.55. The van der Waals surface area contributed by atoms with Crippen LogP contribution in [-0.4, -0.2) is 40.4 Å². The minimum Gasteiger partial charge on any atom is -0.388 e. The molecule has 1 fully saturated rings. The Bertz CT molecular complexity index is 532. The predicted octanol–water partition coefficient (Wildman–Crippen LogP) is 2.02. The van der Waals surface area contributed by atoms with E-state index in [0.29, 0.717) is 25.8 Å². The molecule has 0 aliphatic carbocycles. The number of benzene rings is 1. The highest BCUT2D eigenvalue weighted by molar-refractivity contribution is 5.88. The minimum absolute atomic E-state index is 0.0592. The number of rotatable bonds is 7. The van der Waals surface area contributed by atoms with Crippen LogP contribution in [0.3, 0.4) is 0 Å². The summed E-state index contributed by atoms with van der Waals surface area (Å²) >= 11 is 0. The van der Waals surface area contributed by atoms with Gasteiger partial charge in [-0.05, 0) is 31.7 Å². The number of carbonyl (C=O) groups is 2. The van der Waals surface area contributed by atoms with E-state index in [1.807, 2.05) is 44.2 Å². The van der Waals surface area contributed by atoms with Crippen LogP contribution in [0.15, 0.2) is 30.3 Å². The average Bonchev–Trinajstić information content (AvgIpc) is 2.95. The van der Waals surface area contributed by atoms with Crippen molar-refractivity contribution in [2.45, 2.75) is 57.7 Å². The lowest BCUT2D eigenvalue weighted by molar-refractivity contribution is -0.137. The van der Waals surface area contributed by atoms with E-state index in [1.54, 1.807) is 4.90 Å². The highest BCUT2D eigenvalue weighted by Crippen LogP contribution is 2.19. The Balaban J connectivity index is 1.89. The smallest absolute Gasteiger partial charge is 0.243 e. The van der Waals surface area contributed by atoms with Crippen molar-refractivity contribution < 1.29 is 14.7 Å². The van der Waals surface area contributed by atoms with Gasteiger partial charge >= 0.3 is 0 Å². The van der Waals surface area contributed by atoms with Crippen LogP contribution in [0.1, 0.15) is 51.2 Å². The number of aliphatic hydroxyl groups is 1. The summed E-state index contributed by atoms with van der Waals surface area (Å²) in [7, 11) is 0. The lowest BCUT2D eigenvalue weighted by atomic mass is 10.0. The monoisotopic (exact) mass is 318 g/mol. The zero-order chi connectivity index (χ0) is 16.8. The fraction of sp³-hybridized carbons (Fsp3) is 0.556. The molecule has 2 rings (SSSR count). The second kappa shape index (κ2) is 8.11. The maximum Gasteiger partial charge on any atom is 0.243 e. The van der Waals surface area contributed by atoms with Crippen molar-refractivity contribution in [2.24, 2.45) is 0 Å². The Hall–Kier alpha value is -1.88. The van der Waals surface area contributed by atoms with Gasteiger partial charge in [-0.1, -0.05) is 37.3 Å². The molecule has 3 unspecified atom stereocenters. The van der Waals surface area contributed by atoms with Crippen LogP contribution in [0.2, 0.25) is 0 Å². The first kappa shape index (κ1) is 17.5. The van der Waals surface area contributed by atoms with Gasteiger partial charge in [0.1, 0.15) is 6.04 Å². The Morgan fingerprint density at radius 2 is 2.04 bits per heavy atom. The Morgan fingerprint density at radius 3 is 2.61 bits per heavy atom. The molecule has 0 radical (unpaired) electrons. The largest absolute Gasteiger partial charge is 0.388 e. The number of hydrogen-bond donors (Lipinski definition) is 2. The van der Waals surface area contributed by atoms with Gasteiger partial charge in [-0.25, -0.2) is 0 Å². The number of nitrogens with zero attached hydrogens (tertiary/aromatic N) is 1. The molecule has 2 amide bonds. The summed E-state index contributed by atoms with van der Waals surface area (Å²) in [5.74, 6) is -0.0699. The maximum atomic E-state index is 12.4. The summed E-state index contributed by atoms with van der Waals surface area (Å²) in [5, 5.41) is 13.2. The van der Waals surface area contributed by atoms with E-state index in [9.17, 15) is 14.7 Å². The predicted molar refractivity (Wildman–Crippen MR) is 88.6 cm³/mol. The van der Waals surface area contributed by atoms with Crippen LogP contribution in [0.4, 0.5) is 0 Å². The van der Waals surface area contributed by atoms with Gasteiger partial charge in [-0.15, -0.1) is 0 Å². The van der Waals surface area contributed by atoms with Gasteiger partial charge in [0.2, 0.25) is 11.8 Å². The molecule has 5 nitrogen and oxygen atoms in total. The molecule has 0 spiro atoms. The van der Waals surface area contributed by atoms with Gasteiger partial charge in [-0.2, -0.15) is 0 Å². The van der Waals surface area contributed by atoms with Gasteiger partial charge in [0.15, 0.2) is 0 Å². The van der Waals surface area contributed by atoms with Crippen molar-refractivity contribution in [2.75, 3.05) is 6.54 Å². The Kier molecular flexibility index (Phi) is 6.16. The Morgan fingerprint density at radius 1 is 1.35 bits per heavy atom. The van der Waals surface area contributed by atoms with Crippen molar-refractivity contribution in [1.29, 1.82) is 0 Å². The molecule has 126 valence electrons. The molecular formula is C18H26N2O3. The number of likely N-dealkylation sites (tertiary alicyclic amines) is 1. The molecule has 1 aliphatic heterocycles. The first-order valence-electron chi connectivity index (χ1n) is 8.35. The lowest BCUT2D eigenvalue weighted by Gasteiger charge is -2.28. The van der Waals surface area contributed by atoms with Gasteiger partial charge in [-0.3, -0.25) is 9.59 Å². The maximum absolute atomic E-state index is 12.4. The second-order valence-electron chi connectivity index (χ2n) is 6.19. The van der Waals surface area contributed by atoms with Gasteiger partial charge in [0.25, 0.3) is 0 Å². The third-order valence-electron chi connectivity index (χ3n) is 4.33. The molecule has 0 saturated carbocycles. The average molecular weight is 318 g/mol. The summed E-state index contributed by atoms with van der Waals surface area (Å²) in [5.41, 5.74) is 0.843. The van der Waals surface area contributed by atoms with E-state index in [2.05, 4.69) is 5.32 Å². The van der Waals surface area contributed by atoms with Gasteiger partial charge < -0.3 is 15.3 Å². The van der Waals surface area contributed by atoms with Crippen LogP contribution in [0.5, 0.6) is 0 Å². The van der Waals surface area contributed by atoms with Crippen molar-refractivity contribution in [3.8, 4) is 0 Å². The van der Waals surface area contributed by atoms with Crippen LogP contribution < -0.4 is 5.32 Å². The van der Waals surface area contributed by atoms with Crippen molar-refractivity contribution >= 4 is 11.8 Å². The Labute approximate surface area is 137 Å². The quantitative estimate of drug-likeness (QED) is 0.808. The van der Waals surface area contributed by atoms with Crippen molar-refractivity contribution in [1.82, 2.24) is 10.2 Å². The first-order chi connectivity index (χ1) is 11.0. The summed E-state index contributed by atoms with van der Waals surface area (Å²) in [4.78, 5) is 26.0. The van der Waals surface area contributed by atoms with E-state index in [4.69, 9.17) is 0 Å². The number of aliphatic hydroxyl groups excluding tert-OH is 1. The molecule has 0 aromatic heterocycles. The van der Waals surface area contributed by atoms with Gasteiger partial charge in [0.05, 0.1) is 6.10 Å². The molecule has 1 aromatic rings. The van der Waals surface area contributed by atoms with E-state index in [0.717, 1.165) is 12.0 Å². The van der Waals surface area contributed by atoms with E-state index in [-0.39, 0.29) is 17.9 Å². The zero-order valence-corrected chi connectivity index (χ0v) is 13.9. The molecule has 1 heterocycles. The highest BCUT2D eigenvalue weighted by Gasteiger charge is 2.32. The van der Waals surface area contributed by atoms with Crippen LogP contribution >= 0.6 is 0 Å². The van der Waals surface area contributed by atoms with Gasteiger partial charge in [0, 0.05) is 19.0 Å². The molecule has 1 saturated heterocycles. The van der Waals surface area contributed by atoms with E-state index in [1.165, 1.54) is 0 Å². The second-order valence-corrected chi connectivity index (χ2v) is 6.19. The number of hydrogen-bond acceptors (Lipinski definition) is 3. The number of carbonyl (C=O) groups excluding carboxylic acids is 2. The lowest BCUT2D eigenvalue weighted by Crippen LogP contribution is -2.49. The number of amides is 2. The third-order valence-corrected chi connectivity index (χ3v) is 4.33. The topological polar surface area (TPSA) is 69.6 Å². The molecular weight excluding hydrogens is 292 g/mol. The normalized spacial score (nSPS) is 18.6. The highest BCUT2D eigenvalue weighted by atomic mass is 16.3. The summed E-state index contributed by atoms with van der Waals surface area (Å²) in [6, 6.07) is 8.85. The van der Waals surface area contributed by atoms with E-state index < -0.39 is 12.1 Å². The first-order valence-corrected chi connectivity index (χ1v) is 8.35. The van der Waals surface area contributed by atoms with Crippen molar-refractivity contribution in [3.63, 3.8) is 0 Å². The molecule has 5 heteroatoms.